The Morgan fingerprint density at radius 1 is 1.00 bits per heavy atom. The quantitative estimate of drug-likeness (QED) is 0.367. The van der Waals surface area contributed by atoms with Gasteiger partial charge in [0.25, 0.3) is 5.91 Å². The number of fused-ring (bicyclic) bond motifs is 1. The number of aliphatic imine (C=N–C) groups is 1. The van der Waals surface area contributed by atoms with Gasteiger partial charge in [0.05, 0.1) is 16.6 Å². The molecule has 200 valence electrons. The number of thiophene rings is 1. The topological polar surface area (TPSA) is 61.4 Å². The van der Waals surface area contributed by atoms with Crippen molar-refractivity contribution in [1.29, 1.82) is 5.26 Å². The van der Waals surface area contributed by atoms with E-state index in [0.717, 1.165) is 76.1 Å². The summed E-state index contributed by atoms with van der Waals surface area (Å²) in [7, 11) is 0. The third-order valence-electron chi connectivity index (χ3n) is 8.87. The summed E-state index contributed by atoms with van der Waals surface area (Å²) in [5, 5.41) is 10.9. The van der Waals surface area contributed by atoms with E-state index in [-0.39, 0.29) is 11.9 Å². The predicted octanol–water partition coefficient (Wildman–Crippen LogP) is 7.84. The molecule has 6 rings (SSSR count). The summed E-state index contributed by atoms with van der Waals surface area (Å²) in [5.74, 6) is 0.131. The van der Waals surface area contributed by atoms with E-state index in [9.17, 15) is 10.1 Å². The van der Waals surface area contributed by atoms with Gasteiger partial charge < -0.3 is 4.57 Å². The number of nitrogens with zero attached hydrogens (tertiary/aromatic N) is 4. The highest BCUT2D eigenvalue weighted by molar-refractivity contribution is 8.18. The zero-order valence-corrected chi connectivity index (χ0v) is 24.4. The fourth-order valence-corrected chi connectivity index (χ4v) is 9.16. The van der Waals surface area contributed by atoms with Crippen molar-refractivity contribution < 1.29 is 4.79 Å². The standard InChI is InChI=1S/C31H38N4OS2/c1-20-17-22(21(2)34(20)29-25-15-9-10-16-26(25)37-28(29)19-32)18-27-30(36)35(24-13-7-4-8-14-24)31(38-27)33-23-11-5-3-6-12-23/h17-18,23-24H,3-16H2,1-2H3/b27-18-,33-31?. The molecule has 3 heterocycles. The second-order valence-corrected chi connectivity index (χ2v) is 13.6. The molecule has 7 heteroatoms. The van der Waals surface area contributed by atoms with Crippen LogP contribution < -0.4 is 0 Å². The first kappa shape index (κ1) is 26.0. The smallest absolute Gasteiger partial charge is 0.267 e. The van der Waals surface area contributed by atoms with Crippen LogP contribution in [0.3, 0.4) is 0 Å². The van der Waals surface area contributed by atoms with Gasteiger partial charge >= 0.3 is 0 Å². The van der Waals surface area contributed by atoms with E-state index in [4.69, 9.17) is 4.99 Å². The molecule has 2 aromatic rings. The Hall–Kier alpha value is -2.30. The molecule has 1 amide bonds. The Kier molecular flexibility index (Phi) is 7.55. The van der Waals surface area contributed by atoms with E-state index < -0.39 is 0 Å². The maximum atomic E-state index is 13.9. The number of hydrogen-bond acceptors (Lipinski definition) is 5. The number of hydrogen-bond donors (Lipinski definition) is 0. The number of carbonyl (C=O) groups is 1. The van der Waals surface area contributed by atoms with Gasteiger partial charge in [-0.15, -0.1) is 11.3 Å². The molecule has 0 radical (unpaired) electrons. The first-order valence-electron chi connectivity index (χ1n) is 14.6. The molecule has 2 saturated carbocycles. The molecule has 2 aromatic heterocycles. The lowest BCUT2D eigenvalue weighted by Gasteiger charge is -2.31. The van der Waals surface area contributed by atoms with Gasteiger partial charge in [0.15, 0.2) is 5.17 Å². The molecule has 0 N–H and O–H groups in total. The molecule has 3 aliphatic carbocycles. The summed E-state index contributed by atoms with van der Waals surface area (Å²) < 4.78 is 2.27. The van der Waals surface area contributed by atoms with Crippen molar-refractivity contribution in [2.24, 2.45) is 4.99 Å². The van der Waals surface area contributed by atoms with Crippen LogP contribution in [-0.4, -0.2) is 32.6 Å². The monoisotopic (exact) mass is 546 g/mol. The lowest BCUT2D eigenvalue weighted by atomic mass is 9.94. The van der Waals surface area contributed by atoms with Gasteiger partial charge in [0, 0.05) is 22.3 Å². The van der Waals surface area contributed by atoms with Crippen molar-refractivity contribution in [1.82, 2.24) is 9.47 Å². The SMILES string of the molecule is Cc1cc(/C=C2\SC(=NC3CCCCC3)N(C3CCCCC3)C2=O)c(C)n1-c1c(C#N)sc2c1CCCC2. The summed E-state index contributed by atoms with van der Waals surface area (Å²) in [5.41, 5.74) is 5.73. The van der Waals surface area contributed by atoms with E-state index >= 15 is 0 Å². The average molecular weight is 547 g/mol. The molecule has 1 aliphatic heterocycles. The van der Waals surface area contributed by atoms with Crippen LogP contribution >= 0.6 is 23.1 Å². The van der Waals surface area contributed by atoms with E-state index in [2.05, 4.69) is 41.5 Å². The molecule has 38 heavy (non-hydrogen) atoms. The number of amides is 1. The Bertz CT molecular complexity index is 1330. The van der Waals surface area contributed by atoms with Gasteiger partial charge in [-0.1, -0.05) is 38.5 Å². The van der Waals surface area contributed by atoms with Crippen LogP contribution in [-0.2, 0) is 17.6 Å². The number of aryl methyl sites for hydroxylation is 2. The molecule has 0 unspecified atom stereocenters. The third kappa shape index (κ3) is 4.79. The largest absolute Gasteiger partial charge is 0.316 e. The first-order chi connectivity index (χ1) is 18.5. The highest BCUT2D eigenvalue weighted by Crippen LogP contribution is 2.41. The Balaban J connectivity index is 1.37. The van der Waals surface area contributed by atoms with Gasteiger partial charge in [0.1, 0.15) is 10.9 Å². The van der Waals surface area contributed by atoms with E-state index in [1.807, 2.05) is 0 Å². The molecule has 0 aromatic carbocycles. The van der Waals surface area contributed by atoms with Crippen LogP contribution in [0.15, 0.2) is 16.0 Å². The molecule has 4 aliphatic rings. The lowest BCUT2D eigenvalue weighted by Crippen LogP contribution is -2.41. The predicted molar refractivity (Wildman–Crippen MR) is 158 cm³/mol. The van der Waals surface area contributed by atoms with Crippen molar-refractivity contribution >= 4 is 40.2 Å². The summed E-state index contributed by atoms with van der Waals surface area (Å²) in [4.78, 5) is 24.1. The number of aromatic nitrogens is 1. The minimum atomic E-state index is 0.131. The second-order valence-electron chi connectivity index (χ2n) is 11.4. The summed E-state index contributed by atoms with van der Waals surface area (Å²) in [6.07, 6.45) is 18.5. The maximum Gasteiger partial charge on any atom is 0.267 e. The van der Waals surface area contributed by atoms with Crippen LogP contribution in [0, 0.1) is 25.2 Å². The van der Waals surface area contributed by atoms with Crippen molar-refractivity contribution in [3.05, 3.63) is 43.2 Å². The van der Waals surface area contributed by atoms with Gasteiger partial charge in [-0.25, -0.2) is 0 Å². The Morgan fingerprint density at radius 3 is 2.45 bits per heavy atom. The third-order valence-corrected chi connectivity index (χ3v) is 11.1. The fraction of sp³-hybridized carbons (Fsp3) is 0.581. The molecule has 0 atom stereocenters. The molecule has 3 fully saturated rings. The fourth-order valence-electron chi connectivity index (χ4n) is 6.88. The minimum absolute atomic E-state index is 0.131. The van der Waals surface area contributed by atoms with E-state index in [1.165, 1.54) is 61.8 Å². The Labute approximate surface area is 235 Å². The zero-order valence-electron chi connectivity index (χ0n) is 22.7. The molecular formula is C31H38N4OS2. The number of nitriles is 1. The van der Waals surface area contributed by atoms with Crippen molar-refractivity contribution in [2.45, 2.75) is 116 Å². The number of rotatable bonds is 4. The van der Waals surface area contributed by atoms with Crippen molar-refractivity contribution in [3.8, 4) is 11.8 Å². The van der Waals surface area contributed by atoms with Gasteiger partial charge in [-0.05, 0) is 100 Å². The highest BCUT2D eigenvalue weighted by Gasteiger charge is 2.39. The molecule has 1 saturated heterocycles. The van der Waals surface area contributed by atoms with Crippen LogP contribution in [0.5, 0.6) is 0 Å². The number of amidine groups is 1. The van der Waals surface area contributed by atoms with Gasteiger partial charge in [-0.2, -0.15) is 5.26 Å². The average Bonchev–Trinajstić information content (AvgIpc) is 3.55. The summed E-state index contributed by atoms with van der Waals surface area (Å²) in [6, 6.07) is 5.30. The first-order valence-corrected chi connectivity index (χ1v) is 16.2. The maximum absolute atomic E-state index is 13.9. The van der Waals surface area contributed by atoms with E-state index in [1.54, 1.807) is 23.1 Å². The summed E-state index contributed by atoms with van der Waals surface area (Å²) >= 11 is 3.26. The zero-order chi connectivity index (χ0) is 26.2. The normalized spacial score (nSPS) is 23.4. The molecular weight excluding hydrogens is 509 g/mol. The van der Waals surface area contributed by atoms with Gasteiger partial charge in [-0.3, -0.25) is 14.7 Å². The van der Waals surface area contributed by atoms with Crippen molar-refractivity contribution in [2.75, 3.05) is 0 Å². The summed E-state index contributed by atoms with van der Waals surface area (Å²) in [6.45, 7) is 4.25. The number of thioether (sulfide) groups is 1. The van der Waals surface area contributed by atoms with Crippen LogP contribution in [0.4, 0.5) is 0 Å². The molecule has 5 nitrogen and oxygen atoms in total. The van der Waals surface area contributed by atoms with Crippen LogP contribution in [0.25, 0.3) is 11.8 Å². The second kappa shape index (κ2) is 11.1. The molecule has 0 bridgehead atoms. The van der Waals surface area contributed by atoms with Crippen LogP contribution in [0.2, 0.25) is 0 Å². The minimum Gasteiger partial charge on any atom is -0.316 e. The highest BCUT2D eigenvalue weighted by atomic mass is 32.2. The Morgan fingerprint density at radius 2 is 1.71 bits per heavy atom. The lowest BCUT2D eigenvalue weighted by molar-refractivity contribution is -0.124. The van der Waals surface area contributed by atoms with E-state index in [0.29, 0.717) is 6.04 Å². The van der Waals surface area contributed by atoms with Gasteiger partial charge in [0.2, 0.25) is 0 Å². The number of carbonyl (C=O) groups excluding carboxylic acids is 1. The van der Waals surface area contributed by atoms with Crippen LogP contribution in [0.1, 0.15) is 109 Å². The van der Waals surface area contributed by atoms with Crippen molar-refractivity contribution in [3.63, 3.8) is 0 Å². The molecule has 0 spiro atoms.